The first-order chi connectivity index (χ1) is 16.5. The number of benzene rings is 1. The Balaban J connectivity index is 1.52. The number of aromatic nitrogens is 2. The number of rotatable bonds is 12. The number of para-hydroxylation sites is 1. The summed E-state index contributed by atoms with van der Waals surface area (Å²) in [5.41, 5.74) is 7.07. The topological polar surface area (TPSA) is 112 Å². The summed E-state index contributed by atoms with van der Waals surface area (Å²) in [6.45, 7) is 3.11. The molecule has 1 aliphatic heterocycles. The van der Waals surface area contributed by atoms with Gasteiger partial charge in [-0.3, -0.25) is 14.5 Å². The molecule has 0 unspecified atom stereocenters. The van der Waals surface area contributed by atoms with Gasteiger partial charge in [-0.2, -0.15) is 0 Å². The van der Waals surface area contributed by atoms with Crippen LogP contribution in [0.2, 0.25) is 0 Å². The van der Waals surface area contributed by atoms with Crippen LogP contribution in [0.3, 0.4) is 0 Å². The number of nitrogens with zero attached hydrogens (tertiary/aromatic N) is 3. The van der Waals surface area contributed by atoms with Crippen LogP contribution in [0.1, 0.15) is 57.4 Å². The van der Waals surface area contributed by atoms with Gasteiger partial charge in [-0.1, -0.05) is 38.0 Å². The molecule has 1 aromatic carbocycles. The molecule has 4 rings (SSSR count). The molecular formula is C26H32N4O4. The number of unbranched alkanes of at least 4 members (excludes halogenated alkanes) is 2. The second-order valence-electron chi connectivity index (χ2n) is 8.86. The van der Waals surface area contributed by atoms with E-state index in [4.69, 9.17) is 14.9 Å². The quantitative estimate of drug-likeness (QED) is 0.398. The fraction of sp³-hybridized carbons (Fsp3) is 0.462. The number of methoxy groups -OCH3 is 1. The third kappa shape index (κ3) is 5.28. The van der Waals surface area contributed by atoms with Gasteiger partial charge in [0.05, 0.1) is 36.3 Å². The van der Waals surface area contributed by atoms with Crippen LogP contribution in [0.25, 0.3) is 22.2 Å². The Morgan fingerprint density at radius 3 is 2.76 bits per heavy atom. The van der Waals surface area contributed by atoms with Gasteiger partial charge in [0.2, 0.25) is 17.7 Å². The van der Waals surface area contributed by atoms with Gasteiger partial charge in [-0.25, -0.2) is 9.97 Å². The minimum Gasteiger partial charge on any atom is -0.480 e. The second kappa shape index (κ2) is 10.8. The molecule has 1 fully saturated rings. The van der Waals surface area contributed by atoms with E-state index in [1.54, 1.807) is 13.3 Å². The number of fused-ring (bicyclic) bond motifs is 1. The van der Waals surface area contributed by atoms with Crippen LogP contribution >= 0.6 is 0 Å². The van der Waals surface area contributed by atoms with Crippen molar-refractivity contribution >= 4 is 22.6 Å². The van der Waals surface area contributed by atoms with Gasteiger partial charge in [0.25, 0.3) is 0 Å². The summed E-state index contributed by atoms with van der Waals surface area (Å²) in [5.74, 6) is 1.58. The van der Waals surface area contributed by atoms with E-state index in [1.165, 1.54) is 0 Å². The Morgan fingerprint density at radius 1 is 1.24 bits per heavy atom. The number of likely N-dealkylation sites (tertiary alicyclic amines) is 1. The Bertz CT molecular complexity index is 1150. The molecule has 2 N–H and O–H groups in total. The van der Waals surface area contributed by atoms with Gasteiger partial charge < -0.3 is 14.9 Å². The van der Waals surface area contributed by atoms with Crippen molar-refractivity contribution < 1.29 is 18.7 Å². The highest BCUT2D eigenvalue weighted by molar-refractivity contribution is 5.85. The molecule has 1 saturated heterocycles. The molecular weight excluding hydrogens is 432 g/mol. The van der Waals surface area contributed by atoms with Crippen LogP contribution in [0.4, 0.5) is 0 Å². The number of oxazole rings is 1. The number of pyridine rings is 1. The largest absolute Gasteiger partial charge is 0.480 e. The molecule has 0 radical (unpaired) electrons. The molecule has 0 bridgehead atoms. The molecule has 1 aliphatic rings. The summed E-state index contributed by atoms with van der Waals surface area (Å²) in [5, 5.41) is 0.987. The number of amides is 1. The lowest BCUT2D eigenvalue weighted by Crippen LogP contribution is -2.53. The van der Waals surface area contributed by atoms with Crippen LogP contribution in [0.15, 0.2) is 40.9 Å². The first-order valence-corrected chi connectivity index (χ1v) is 11.9. The van der Waals surface area contributed by atoms with Crippen LogP contribution in [-0.4, -0.2) is 46.8 Å². The van der Waals surface area contributed by atoms with Gasteiger partial charge >= 0.3 is 0 Å². The van der Waals surface area contributed by atoms with Crippen molar-refractivity contribution in [2.75, 3.05) is 20.2 Å². The van der Waals surface area contributed by atoms with Crippen molar-refractivity contribution in [3.05, 3.63) is 42.4 Å². The Morgan fingerprint density at radius 2 is 2.03 bits per heavy atom. The summed E-state index contributed by atoms with van der Waals surface area (Å²) in [6.07, 6.45) is 6.56. The number of nitrogens with two attached hydrogens (primary N) is 1. The van der Waals surface area contributed by atoms with Gasteiger partial charge in [0, 0.05) is 31.3 Å². The third-order valence-corrected chi connectivity index (χ3v) is 6.54. The lowest BCUT2D eigenvalue weighted by Gasteiger charge is -2.41. The zero-order chi connectivity index (χ0) is 24.1. The Kier molecular flexibility index (Phi) is 7.57. The van der Waals surface area contributed by atoms with E-state index in [1.807, 2.05) is 37.3 Å². The standard InChI is InChI=1S/C26H32N4O4/c1-3-19(31)10-5-4-6-12-22(30-15-18(16-30)24(27)32)26-28-14-23(34-26)20-13-17-9-7-8-11-21(17)29-25(20)33-2/h7-9,11,13-14,18,22H,3-6,10,12,15-16H2,1-2H3,(H2,27,32)/t22-/m0/s1. The molecule has 0 aliphatic carbocycles. The molecule has 8 nitrogen and oxygen atoms in total. The molecule has 1 amide bonds. The zero-order valence-electron chi connectivity index (χ0n) is 19.8. The van der Waals surface area contributed by atoms with Crippen molar-refractivity contribution in [1.82, 2.24) is 14.9 Å². The number of ether oxygens (including phenoxy) is 1. The predicted molar refractivity (Wildman–Crippen MR) is 129 cm³/mol. The van der Waals surface area contributed by atoms with E-state index in [9.17, 15) is 9.59 Å². The van der Waals surface area contributed by atoms with Crippen molar-refractivity contribution in [2.45, 2.75) is 51.5 Å². The number of hydrogen-bond donors (Lipinski definition) is 1. The van der Waals surface area contributed by atoms with E-state index in [2.05, 4.69) is 14.9 Å². The van der Waals surface area contributed by atoms with E-state index in [0.717, 1.165) is 42.1 Å². The minimum atomic E-state index is -0.270. The number of carbonyl (C=O) groups is 2. The molecule has 8 heteroatoms. The minimum absolute atomic E-state index is 0.0503. The van der Waals surface area contributed by atoms with E-state index in [-0.39, 0.29) is 17.9 Å². The number of hydrogen-bond acceptors (Lipinski definition) is 7. The molecule has 0 saturated carbocycles. The van der Waals surface area contributed by atoms with Crippen LogP contribution < -0.4 is 10.5 Å². The first-order valence-electron chi connectivity index (χ1n) is 11.9. The van der Waals surface area contributed by atoms with Crippen molar-refractivity contribution in [3.63, 3.8) is 0 Å². The number of ketones is 1. The summed E-state index contributed by atoms with van der Waals surface area (Å²) in [6, 6.07) is 9.80. The van der Waals surface area contributed by atoms with Crippen LogP contribution in [-0.2, 0) is 9.59 Å². The monoisotopic (exact) mass is 464 g/mol. The first kappa shape index (κ1) is 23.9. The Labute approximate surface area is 199 Å². The van der Waals surface area contributed by atoms with Crippen LogP contribution in [0, 0.1) is 5.92 Å². The molecule has 2 aromatic heterocycles. The summed E-state index contributed by atoms with van der Waals surface area (Å²) >= 11 is 0. The van der Waals surface area contributed by atoms with Gasteiger partial charge in [0.1, 0.15) is 5.78 Å². The van der Waals surface area contributed by atoms with Crippen molar-refractivity contribution in [2.24, 2.45) is 11.7 Å². The van der Waals surface area contributed by atoms with Crippen molar-refractivity contribution in [1.29, 1.82) is 0 Å². The lowest BCUT2D eigenvalue weighted by atomic mass is 9.94. The summed E-state index contributed by atoms with van der Waals surface area (Å²) in [7, 11) is 1.59. The Hall–Kier alpha value is -3.26. The third-order valence-electron chi connectivity index (χ3n) is 6.54. The number of primary amides is 1. The molecule has 3 aromatic rings. The van der Waals surface area contributed by atoms with Gasteiger partial charge in [-0.05, 0) is 25.0 Å². The second-order valence-corrected chi connectivity index (χ2v) is 8.86. The highest BCUT2D eigenvalue weighted by atomic mass is 16.5. The van der Waals surface area contributed by atoms with E-state index >= 15 is 0 Å². The SMILES string of the molecule is CCC(=O)CCCCC[C@@H](c1ncc(-c2cc3ccccc3nc2OC)o1)N1CC(C(N)=O)C1. The lowest BCUT2D eigenvalue weighted by molar-refractivity contribution is -0.128. The normalized spacial score (nSPS) is 15.2. The summed E-state index contributed by atoms with van der Waals surface area (Å²) < 4.78 is 11.8. The summed E-state index contributed by atoms with van der Waals surface area (Å²) in [4.78, 5) is 34.5. The van der Waals surface area contributed by atoms with E-state index in [0.29, 0.717) is 49.2 Å². The molecule has 34 heavy (non-hydrogen) atoms. The highest BCUT2D eigenvalue weighted by Crippen LogP contribution is 2.37. The average Bonchev–Trinajstić information content (AvgIpc) is 3.30. The van der Waals surface area contributed by atoms with E-state index < -0.39 is 0 Å². The molecule has 3 heterocycles. The fourth-order valence-corrected chi connectivity index (χ4v) is 4.42. The molecule has 0 spiro atoms. The zero-order valence-corrected chi connectivity index (χ0v) is 19.8. The van der Waals surface area contributed by atoms with Crippen LogP contribution in [0.5, 0.6) is 5.88 Å². The maximum Gasteiger partial charge on any atom is 0.224 e. The predicted octanol–water partition coefficient (Wildman–Crippen LogP) is 4.29. The van der Waals surface area contributed by atoms with Gasteiger partial charge in [-0.15, -0.1) is 0 Å². The highest BCUT2D eigenvalue weighted by Gasteiger charge is 2.38. The number of carbonyl (C=O) groups excluding carboxylic acids is 2. The molecule has 1 atom stereocenters. The fourth-order valence-electron chi connectivity index (χ4n) is 4.42. The van der Waals surface area contributed by atoms with Crippen molar-refractivity contribution in [3.8, 4) is 17.2 Å². The molecule has 180 valence electrons. The smallest absolute Gasteiger partial charge is 0.224 e. The average molecular weight is 465 g/mol. The van der Waals surface area contributed by atoms with Gasteiger partial charge in [0.15, 0.2) is 5.76 Å². The number of Topliss-reactive ketones (excluding diaryl/α,β-unsaturated/α-hetero) is 1. The maximum atomic E-state index is 11.6. The maximum absolute atomic E-state index is 11.6.